The van der Waals surface area contributed by atoms with Crippen LogP contribution in [0.15, 0.2) is 36.4 Å². The minimum Gasteiger partial charge on any atom is -0.497 e. The summed E-state index contributed by atoms with van der Waals surface area (Å²) in [7, 11) is 3.21. The van der Waals surface area contributed by atoms with Crippen LogP contribution in [0.2, 0.25) is 0 Å². The van der Waals surface area contributed by atoms with Gasteiger partial charge in [-0.15, -0.1) is 0 Å². The number of amides is 1. The van der Waals surface area contributed by atoms with Crippen molar-refractivity contribution in [1.29, 1.82) is 0 Å². The summed E-state index contributed by atoms with van der Waals surface area (Å²) in [6.07, 6.45) is 0. The number of carbonyl (C=O) groups is 1. The number of fused-ring (bicyclic) bond motifs is 1. The van der Waals surface area contributed by atoms with Gasteiger partial charge in [0.25, 0.3) is 5.91 Å². The summed E-state index contributed by atoms with van der Waals surface area (Å²) in [6, 6.07) is 11.4. The fourth-order valence-corrected chi connectivity index (χ4v) is 3.67. The van der Waals surface area contributed by atoms with Crippen molar-refractivity contribution in [2.24, 2.45) is 0 Å². The Kier molecular flexibility index (Phi) is 7.41. The molecular formula is C23H30N2O5. The van der Waals surface area contributed by atoms with E-state index in [4.69, 9.17) is 18.9 Å². The molecule has 2 aromatic carbocycles. The average Bonchev–Trinajstić information content (AvgIpc) is 2.80. The highest BCUT2D eigenvalue weighted by atomic mass is 16.6. The summed E-state index contributed by atoms with van der Waals surface area (Å²) in [5.74, 6) is 2.17. The monoisotopic (exact) mass is 414 g/mol. The van der Waals surface area contributed by atoms with Gasteiger partial charge in [-0.3, -0.25) is 9.69 Å². The van der Waals surface area contributed by atoms with Crippen LogP contribution in [0.1, 0.15) is 35.8 Å². The lowest BCUT2D eigenvalue weighted by Crippen LogP contribution is -2.38. The van der Waals surface area contributed by atoms with Crippen molar-refractivity contribution in [1.82, 2.24) is 10.2 Å². The molecule has 7 nitrogen and oxygen atoms in total. The van der Waals surface area contributed by atoms with Crippen molar-refractivity contribution in [3.63, 3.8) is 0 Å². The quantitative estimate of drug-likeness (QED) is 0.679. The number of methoxy groups -OCH3 is 2. The standard InChI is InChI=1S/C23H30N2O5/c1-5-25(6-2)19(16-8-7-9-18(12-16)27-3)15-24-23(26)17-13-20(28-4)22-21(14-17)29-10-11-30-22/h7-9,12-14,19H,5-6,10-11,15H2,1-4H3,(H,24,26)/t19-/m1/s1. The number of benzene rings is 2. The molecule has 1 atom stereocenters. The largest absolute Gasteiger partial charge is 0.497 e. The Morgan fingerprint density at radius 2 is 1.87 bits per heavy atom. The maximum Gasteiger partial charge on any atom is 0.251 e. The van der Waals surface area contributed by atoms with Crippen molar-refractivity contribution >= 4 is 5.91 Å². The van der Waals surface area contributed by atoms with Crippen molar-refractivity contribution in [3.8, 4) is 23.0 Å². The molecule has 0 saturated heterocycles. The Hall–Kier alpha value is -2.93. The smallest absolute Gasteiger partial charge is 0.251 e. The topological polar surface area (TPSA) is 69.3 Å². The van der Waals surface area contributed by atoms with Crippen LogP contribution < -0.4 is 24.3 Å². The van der Waals surface area contributed by atoms with Gasteiger partial charge in [0, 0.05) is 12.1 Å². The van der Waals surface area contributed by atoms with Gasteiger partial charge in [-0.1, -0.05) is 26.0 Å². The molecule has 2 aromatic rings. The fourth-order valence-electron chi connectivity index (χ4n) is 3.67. The van der Waals surface area contributed by atoms with E-state index in [1.54, 1.807) is 26.4 Å². The lowest BCUT2D eigenvalue weighted by Gasteiger charge is -2.30. The Balaban J connectivity index is 1.80. The first-order valence-corrected chi connectivity index (χ1v) is 10.2. The molecule has 0 unspecified atom stereocenters. The van der Waals surface area contributed by atoms with Gasteiger partial charge >= 0.3 is 0 Å². The first-order chi connectivity index (χ1) is 14.6. The number of nitrogens with zero attached hydrogens (tertiary/aromatic N) is 1. The van der Waals surface area contributed by atoms with Crippen molar-refractivity contribution in [3.05, 3.63) is 47.5 Å². The van der Waals surface area contributed by atoms with Crippen molar-refractivity contribution in [2.75, 3.05) is 47.1 Å². The molecule has 162 valence electrons. The van der Waals surface area contributed by atoms with Crippen LogP contribution in [0.4, 0.5) is 0 Å². The SMILES string of the molecule is CCN(CC)[C@H](CNC(=O)c1cc(OC)c2c(c1)OCCO2)c1cccc(OC)c1. The highest BCUT2D eigenvalue weighted by Gasteiger charge is 2.23. The van der Waals surface area contributed by atoms with Gasteiger partial charge in [-0.2, -0.15) is 0 Å². The molecule has 0 aliphatic carbocycles. The Labute approximate surface area is 177 Å². The Morgan fingerprint density at radius 3 is 2.57 bits per heavy atom. The highest BCUT2D eigenvalue weighted by Crippen LogP contribution is 2.40. The van der Waals surface area contributed by atoms with E-state index in [-0.39, 0.29) is 11.9 Å². The van der Waals surface area contributed by atoms with Crippen LogP contribution in [0.3, 0.4) is 0 Å². The van der Waals surface area contributed by atoms with Crippen LogP contribution >= 0.6 is 0 Å². The second kappa shape index (κ2) is 10.2. The molecule has 0 bridgehead atoms. The molecule has 0 saturated carbocycles. The number of nitrogens with one attached hydrogen (secondary N) is 1. The van der Waals surface area contributed by atoms with E-state index >= 15 is 0 Å². The molecule has 30 heavy (non-hydrogen) atoms. The molecule has 1 N–H and O–H groups in total. The molecule has 1 amide bonds. The molecule has 0 fully saturated rings. The maximum absolute atomic E-state index is 13.0. The zero-order chi connectivity index (χ0) is 21.5. The minimum absolute atomic E-state index is 0.0261. The van der Waals surface area contributed by atoms with Gasteiger partial charge in [0.2, 0.25) is 5.75 Å². The van der Waals surface area contributed by atoms with Crippen molar-refractivity contribution in [2.45, 2.75) is 19.9 Å². The first kappa shape index (κ1) is 21.8. The van der Waals surface area contributed by atoms with Gasteiger partial charge < -0.3 is 24.3 Å². The number of carbonyl (C=O) groups excluding carboxylic acids is 1. The lowest BCUT2D eigenvalue weighted by molar-refractivity contribution is 0.0933. The van der Waals surface area contributed by atoms with Crippen LogP contribution in [0, 0.1) is 0 Å². The van der Waals surface area contributed by atoms with Crippen LogP contribution in [0.5, 0.6) is 23.0 Å². The summed E-state index contributed by atoms with van der Waals surface area (Å²) >= 11 is 0. The predicted octanol–water partition coefficient (Wildman–Crippen LogP) is 3.29. The summed E-state index contributed by atoms with van der Waals surface area (Å²) in [5.41, 5.74) is 1.57. The second-order valence-electron chi connectivity index (χ2n) is 6.93. The number of likely N-dealkylation sites (N-methyl/N-ethyl adjacent to an activating group) is 1. The lowest BCUT2D eigenvalue weighted by atomic mass is 10.0. The normalized spacial score (nSPS) is 13.6. The summed E-state index contributed by atoms with van der Waals surface area (Å²) in [4.78, 5) is 15.3. The van der Waals surface area contributed by atoms with E-state index in [1.165, 1.54) is 0 Å². The highest BCUT2D eigenvalue weighted by molar-refractivity contribution is 5.95. The zero-order valence-electron chi connectivity index (χ0n) is 18.1. The van der Waals surface area contributed by atoms with Gasteiger partial charge in [0.15, 0.2) is 11.5 Å². The van der Waals surface area contributed by atoms with Crippen LogP contribution in [-0.2, 0) is 0 Å². The summed E-state index contributed by atoms with van der Waals surface area (Å²) < 4.78 is 22.0. The fraction of sp³-hybridized carbons (Fsp3) is 0.435. The van der Waals surface area contributed by atoms with E-state index < -0.39 is 0 Å². The van der Waals surface area contributed by atoms with Gasteiger partial charge in [-0.05, 0) is 42.9 Å². The van der Waals surface area contributed by atoms with E-state index in [1.807, 2.05) is 18.2 Å². The third-order valence-electron chi connectivity index (χ3n) is 5.28. The third-order valence-corrected chi connectivity index (χ3v) is 5.28. The number of ether oxygens (including phenoxy) is 4. The van der Waals surface area contributed by atoms with E-state index in [9.17, 15) is 4.79 Å². The zero-order valence-corrected chi connectivity index (χ0v) is 18.1. The van der Waals surface area contributed by atoms with E-state index in [0.29, 0.717) is 42.6 Å². The van der Waals surface area contributed by atoms with Gasteiger partial charge in [0.05, 0.1) is 20.3 Å². The van der Waals surface area contributed by atoms with E-state index in [0.717, 1.165) is 24.4 Å². The third kappa shape index (κ3) is 4.79. The molecule has 3 rings (SSSR count). The van der Waals surface area contributed by atoms with Crippen molar-refractivity contribution < 1.29 is 23.7 Å². The molecule has 7 heteroatoms. The first-order valence-electron chi connectivity index (χ1n) is 10.2. The molecular weight excluding hydrogens is 384 g/mol. The predicted molar refractivity (Wildman–Crippen MR) is 115 cm³/mol. The Bertz CT molecular complexity index is 849. The molecule has 1 heterocycles. The van der Waals surface area contributed by atoms with E-state index in [2.05, 4.69) is 30.1 Å². The minimum atomic E-state index is -0.190. The molecule has 0 radical (unpaired) electrons. The van der Waals surface area contributed by atoms with Gasteiger partial charge in [0.1, 0.15) is 19.0 Å². The Morgan fingerprint density at radius 1 is 1.10 bits per heavy atom. The maximum atomic E-state index is 13.0. The summed E-state index contributed by atoms with van der Waals surface area (Å²) in [5, 5.41) is 3.07. The number of hydrogen-bond acceptors (Lipinski definition) is 6. The summed E-state index contributed by atoms with van der Waals surface area (Å²) in [6.45, 7) is 7.33. The molecule has 1 aliphatic heterocycles. The number of rotatable bonds is 9. The van der Waals surface area contributed by atoms with Gasteiger partial charge in [-0.25, -0.2) is 0 Å². The molecule has 1 aliphatic rings. The molecule has 0 aromatic heterocycles. The van der Waals surface area contributed by atoms with Crippen LogP contribution in [0.25, 0.3) is 0 Å². The number of hydrogen-bond donors (Lipinski definition) is 1. The average molecular weight is 415 g/mol. The molecule has 0 spiro atoms. The second-order valence-corrected chi connectivity index (χ2v) is 6.93. The van der Waals surface area contributed by atoms with Crippen LogP contribution in [-0.4, -0.2) is 57.9 Å².